The van der Waals surface area contributed by atoms with E-state index in [2.05, 4.69) is 31.9 Å². The Morgan fingerprint density at radius 1 is 1.11 bits per heavy atom. The lowest BCUT2D eigenvalue weighted by molar-refractivity contribution is 0.303. The van der Waals surface area contributed by atoms with Crippen LogP contribution in [0, 0.1) is 12.7 Å². The highest BCUT2D eigenvalue weighted by Crippen LogP contribution is 2.25. The van der Waals surface area contributed by atoms with Crippen LogP contribution >= 0.6 is 31.9 Å². The molecule has 0 N–H and O–H groups in total. The Bertz CT molecular complexity index is 570. The second-order valence-electron chi connectivity index (χ2n) is 3.93. The van der Waals surface area contributed by atoms with Gasteiger partial charge in [0.25, 0.3) is 0 Å². The van der Waals surface area contributed by atoms with Gasteiger partial charge >= 0.3 is 0 Å². The van der Waals surface area contributed by atoms with Gasteiger partial charge in [0.05, 0.1) is 0 Å². The second-order valence-corrected chi connectivity index (χ2v) is 5.70. The van der Waals surface area contributed by atoms with Crippen molar-refractivity contribution in [1.29, 1.82) is 0 Å². The number of rotatable bonds is 3. The average Bonchev–Trinajstić information content (AvgIpc) is 2.32. The molecule has 0 unspecified atom stereocenters. The molecule has 0 heterocycles. The lowest BCUT2D eigenvalue weighted by Crippen LogP contribution is -1.98. The van der Waals surface area contributed by atoms with Crippen LogP contribution in [-0.2, 0) is 6.61 Å². The number of aryl methyl sites for hydroxylation is 1. The van der Waals surface area contributed by atoms with Gasteiger partial charge in [-0.15, -0.1) is 0 Å². The van der Waals surface area contributed by atoms with Gasteiger partial charge in [-0.3, -0.25) is 0 Å². The maximum atomic E-state index is 13.0. The third-order valence-electron chi connectivity index (χ3n) is 2.55. The lowest BCUT2D eigenvalue weighted by atomic mass is 10.2. The summed E-state index contributed by atoms with van der Waals surface area (Å²) in [6.45, 7) is 2.39. The summed E-state index contributed by atoms with van der Waals surface area (Å²) < 4.78 is 20.4. The van der Waals surface area contributed by atoms with E-state index in [0.717, 1.165) is 25.8 Å². The molecule has 0 aliphatic heterocycles. The van der Waals surface area contributed by atoms with Gasteiger partial charge in [-0.1, -0.05) is 44.0 Å². The Morgan fingerprint density at radius 2 is 1.89 bits per heavy atom. The molecule has 0 saturated carbocycles. The molecule has 0 aromatic heterocycles. The highest BCUT2D eigenvalue weighted by Gasteiger charge is 2.05. The Labute approximate surface area is 122 Å². The Kier molecular flexibility index (Phi) is 4.40. The van der Waals surface area contributed by atoms with Gasteiger partial charge in [0.2, 0.25) is 0 Å². The smallest absolute Gasteiger partial charge is 0.124 e. The van der Waals surface area contributed by atoms with E-state index in [-0.39, 0.29) is 5.82 Å². The molecule has 0 radical (unpaired) electrons. The first kappa shape index (κ1) is 13.6. The topological polar surface area (TPSA) is 9.23 Å². The Balaban J connectivity index is 2.13. The molecule has 4 heteroatoms. The minimum atomic E-state index is -0.260. The summed E-state index contributed by atoms with van der Waals surface area (Å²) in [5.41, 5.74) is 1.98. The zero-order chi connectivity index (χ0) is 13.1. The monoisotopic (exact) mass is 372 g/mol. The van der Waals surface area contributed by atoms with Crippen LogP contribution in [0.5, 0.6) is 5.75 Å². The molecule has 94 valence electrons. The normalized spacial score (nSPS) is 10.4. The Morgan fingerprint density at radius 3 is 2.61 bits per heavy atom. The molecule has 0 fully saturated rings. The fourth-order valence-electron chi connectivity index (χ4n) is 1.52. The standard InChI is InChI=1S/C14H11Br2FO/c1-9-2-4-11(15)6-14(9)18-8-10-3-5-12(17)7-13(10)16/h2-7H,8H2,1H3. The van der Waals surface area contributed by atoms with Crippen molar-refractivity contribution < 1.29 is 9.13 Å². The molecule has 18 heavy (non-hydrogen) atoms. The van der Waals surface area contributed by atoms with Crippen molar-refractivity contribution in [3.63, 3.8) is 0 Å². The van der Waals surface area contributed by atoms with Crippen molar-refractivity contribution in [2.24, 2.45) is 0 Å². The molecule has 0 aliphatic carbocycles. The van der Waals surface area contributed by atoms with E-state index in [9.17, 15) is 4.39 Å². The van der Waals surface area contributed by atoms with Crippen LogP contribution in [0.1, 0.15) is 11.1 Å². The molecule has 0 aliphatic rings. The third-order valence-corrected chi connectivity index (χ3v) is 3.78. The predicted octanol–water partition coefficient (Wildman–Crippen LogP) is 5.24. The minimum Gasteiger partial charge on any atom is -0.489 e. The molecule has 0 amide bonds. The first-order valence-electron chi connectivity index (χ1n) is 5.39. The molecular formula is C14H11Br2FO. The van der Waals surface area contributed by atoms with Gasteiger partial charge in [0.15, 0.2) is 0 Å². The molecule has 2 aromatic rings. The summed E-state index contributed by atoms with van der Waals surface area (Å²) in [6, 6.07) is 10.5. The maximum Gasteiger partial charge on any atom is 0.124 e. The highest BCUT2D eigenvalue weighted by molar-refractivity contribution is 9.10. The first-order chi connectivity index (χ1) is 8.56. The second kappa shape index (κ2) is 5.85. The van der Waals surface area contributed by atoms with Gasteiger partial charge in [0, 0.05) is 14.5 Å². The molecular weight excluding hydrogens is 363 g/mol. The zero-order valence-electron chi connectivity index (χ0n) is 9.71. The number of ether oxygens (including phenoxy) is 1. The summed E-state index contributed by atoms with van der Waals surface area (Å²) in [5.74, 6) is 0.560. The van der Waals surface area contributed by atoms with Crippen molar-refractivity contribution in [2.45, 2.75) is 13.5 Å². The van der Waals surface area contributed by atoms with Crippen molar-refractivity contribution in [3.05, 3.63) is 62.3 Å². The predicted molar refractivity (Wildman–Crippen MR) is 77.3 cm³/mol. The van der Waals surface area contributed by atoms with E-state index in [1.807, 2.05) is 25.1 Å². The van der Waals surface area contributed by atoms with Crippen molar-refractivity contribution in [2.75, 3.05) is 0 Å². The van der Waals surface area contributed by atoms with E-state index >= 15 is 0 Å². The highest BCUT2D eigenvalue weighted by atomic mass is 79.9. The van der Waals surface area contributed by atoms with Gasteiger partial charge in [-0.2, -0.15) is 0 Å². The van der Waals surface area contributed by atoms with Gasteiger partial charge < -0.3 is 4.74 Å². The van der Waals surface area contributed by atoms with Crippen LogP contribution in [0.3, 0.4) is 0 Å². The van der Waals surface area contributed by atoms with Crippen molar-refractivity contribution >= 4 is 31.9 Å². The molecule has 2 rings (SSSR count). The average molecular weight is 374 g/mol. The SMILES string of the molecule is Cc1ccc(Br)cc1OCc1ccc(F)cc1Br. The Hall–Kier alpha value is -0.870. The summed E-state index contributed by atoms with van der Waals surface area (Å²) >= 11 is 6.73. The number of hydrogen-bond donors (Lipinski definition) is 0. The summed E-state index contributed by atoms with van der Waals surface area (Å²) in [7, 11) is 0. The largest absolute Gasteiger partial charge is 0.489 e. The summed E-state index contributed by atoms with van der Waals surface area (Å²) in [5, 5.41) is 0. The van der Waals surface area contributed by atoms with E-state index in [1.54, 1.807) is 6.07 Å². The number of hydrogen-bond acceptors (Lipinski definition) is 1. The molecule has 0 bridgehead atoms. The van der Waals surface area contributed by atoms with E-state index in [0.29, 0.717) is 6.61 Å². The number of benzene rings is 2. The first-order valence-corrected chi connectivity index (χ1v) is 6.98. The van der Waals surface area contributed by atoms with Crippen molar-refractivity contribution in [3.8, 4) is 5.75 Å². The zero-order valence-corrected chi connectivity index (χ0v) is 12.9. The van der Waals surface area contributed by atoms with Crippen molar-refractivity contribution in [1.82, 2.24) is 0 Å². The van der Waals surface area contributed by atoms with E-state index in [1.165, 1.54) is 12.1 Å². The van der Waals surface area contributed by atoms with Crippen LogP contribution in [0.4, 0.5) is 4.39 Å². The van der Waals surface area contributed by atoms with E-state index in [4.69, 9.17) is 4.74 Å². The minimum absolute atomic E-state index is 0.260. The quantitative estimate of drug-likeness (QED) is 0.714. The molecule has 2 aromatic carbocycles. The molecule has 0 spiro atoms. The van der Waals surface area contributed by atoms with E-state index < -0.39 is 0 Å². The third kappa shape index (κ3) is 3.33. The fraction of sp³-hybridized carbons (Fsp3) is 0.143. The van der Waals surface area contributed by atoms with Gasteiger partial charge in [-0.05, 0) is 36.8 Å². The summed E-state index contributed by atoms with van der Waals surface area (Å²) in [6.07, 6.45) is 0. The lowest BCUT2D eigenvalue weighted by Gasteiger charge is -2.10. The fourth-order valence-corrected chi connectivity index (χ4v) is 2.33. The van der Waals surface area contributed by atoms with Crippen LogP contribution in [0.15, 0.2) is 45.3 Å². The van der Waals surface area contributed by atoms with Gasteiger partial charge in [0.1, 0.15) is 18.2 Å². The molecule has 1 nitrogen and oxygen atoms in total. The van der Waals surface area contributed by atoms with Gasteiger partial charge in [-0.25, -0.2) is 4.39 Å². The number of halogens is 3. The van der Waals surface area contributed by atoms with Crippen LogP contribution in [0.25, 0.3) is 0 Å². The van der Waals surface area contributed by atoms with Crippen LogP contribution in [-0.4, -0.2) is 0 Å². The molecule has 0 saturated heterocycles. The maximum absolute atomic E-state index is 13.0. The van der Waals surface area contributed by atoms with Crippen LogP contribution in [0.2, 0.25) is 0 Å². The summed E-state index contributed by atoms with van der Waals surface area (Å²) in [4.78, 5) is 0. The molecule has 0 atom stereocenters. The van der Waals surface area contributed by atoms with Crippen LogP contribution < -0.4 is 4.74 Å².